The molecule has 1 heterocycles. The SMILES string of the molecule is CCCCCCCCc1cc(-c2cc(-c3cc(CCCCCCCC)c(-c4ccc(/C=C/c5ccc(C)cc5)cc4)cc3CCCCCCCC)nc(-c3ccc4c5ccccc5c5ccccc5c4c3)n2)c(CCCCCCCC)cc1C. The van der Waals surface area contributed by atoms with Crippen molar-refractivity contribution in [2.24, 2.45) is 0 Å². The molecule has 0 N–H and O–H groups in total. The monoisotopic (exact) mass is 1110 g/mol. The van der Waals surface area contributed by atoms with Crippen molar-refractivity contribution >= 4 is 44.5 Å². The van der Waals surface area contributed by atoms with Crippen molar-refractivity contribution in [3.63, 3.8) is 0 Å². The van der Waals surface area contributed by atoms with Crippen LogP contribution in [0.3, 0.4) is 0 Å². The molecule has 8 aromatic carbocycles. The molecule has 0 fully saturated rings. The second-order valence-corrected chi connectivity index (χ2v) is 24.9. The Kier molecular flexibility index (Phi) is 24.0. The van der Waals surface area contributed by atoms with Crippen molar-refractivity contribution in [3.8, 4) is 45.0 Å². The van der Waals surface area contributed by atoms with Crippen LogP contribution in [0.5, 0.6) is 0 Å². The molecule has 0 aliphatic rings. The van der Waals surface area contributed by atoms with Crippen molar-refractivity contribution < 1.29 is 0 Å². The lowest BCUT2D eigenvalue weighted by Gasteiger charge is -2.20. The van der Waals surface area contributed by atoms with E-state index in [1.54, 1.807) is 0 Å². The summed E-state index contributed by atoms with van der Waals surface area (Å²) in [6.45, 7) is 13.8. The fourth-order valence-corrected chi connectivity index (χ4v) is 13.1. The Morgan fingerprint density at radius 1 is 0.298 bits per heavy atom. The van der Waals surface area contributed by atoms with Gasteiger partial charge in [-0.15, -0.1) is 0 Å². The quantitative estimate of drug-likeness (QED) is 0.0228. The number of unbranched alkanes of at least 4 members (excludes halogenated alkanes) is 20. The third kappa shape index (κ3) is 16.8. The minimum Gasteiger partial charge on any atom is -0.228 e. The lowest BCUT2D eigenvalue weighted by molar-refractivity contribution is 0.605. The second kappa shape index (κ2) is 32.6. The number of aromatic nitrogens is 2. The van der Waals surface area contributed by atoms with E-state index in [0.717, 1.165) is 54.9 Å². The summed E-state index contributed by atoms with van der Waals surface area (Å²) in [7, 11) is 0. The minimum atomic E-state index is 0.812. The zero-order valence-corrected chi connectivity index (χ0v) is 52.7. The number of nitrogens with zero attached hydrogens (tertiary/aromatic N) is 2. The predicted octanol–water partition coefficient (Wildman–Crippen LogP) is 25.0. The molecule has 0 aliphatic heterocycles. The van der Waals surface area contributed by atoms with E-state index in [1.807, 2.05) is 0 Å². The molecule has 0 spiro atoms. The van der Waals surface area contributed by atoms with Gasteiger partial charge in [0.2, 0.25) is 0 Å². The van der Waals surface area contributed by atoms with Crippen LogP contribution in [0, 0.1) is 13.8 Å². The molecule has 0 unspecified atom stereocenters. The maximum atomic E-state index is 5.85. The highest BCUT2D eigenvalue weighted by atomic mass is 14.9. The van der Waals surface area contributed by atoms with Crippen LogP contribution < -0.4 is 0 Å². The van der Waals surface area contributed by atoms with Crippen molar-refractivity contribution in [2.45, 2.75) is 221 Å². The lowest BCUT2D eigenvalue weighted by atomic mass is 9.87. The second-order valence-electron chi connectivity index (χ2n) is 24.9. The van der Waals surface area contributed by atoms with E-state index in [-0.39, 0.29) is 0 Å². The van der Waals surface area contributed by atoms with Gasteiger partial charge in [-0.1, -0.05) is 295 Å². The van der Waals surface area contributed by atoms with Gasteiger partial charge in [-0.3, -0.25) is 0 Å². The molecule has 0 radical (unpaired) electrons. The van der Waals surface area contributed by atoms with Crippen LogP contribution >= 0.6 is 0 Å². The topological polar surface area (TPSA) is 25.8 Å². The van der Waals surface area contributed by atoms with Crippen LogP contribution in [0.25, 0.3) is 89.5 Å². The highest BCUT2D eigenvalue weighted by Crippen LogP contribution is 2.41. The normalized spacial score (nSPS) is 11.8. The predicted molar refractivity (Wildman–Crippen MR) is 369 cm³/mol. The van der Waals surface area contributed by atoms with Crippen LogP contribution in [-0.2, 0) is 25.7 Å². The smallest absolute Gasteiger partial charge is 0.160 e. The summed E-state index contributed by atoms with van der Waals surface area (Å²) in [5.41, 5.74) is 19.4. The molecule has 2 nitrogen and oxygen atoms in total. The number of hydrogen-bond donors (Lipinski definition) is 0. The summed E-state index contributed by atoms with van der Waals surface area (Å²) < 4.78 is 0. The van der Waals surface area contributed by atoms with Gasteiger partial charge >= 0.3 is 0 Å². The standard InChI is InChI=1S/C82H100N2/c1-7-11-15-19-23-27-35-66-56-77(67(55-62(66)6)36-28-24-20-16-12-8-2)80-60-81(84-82(83-80)70-53-54-75-73-41-32-31-39-71(73)72-40-33-34-42-74(72)79(75)59-70)78-58-68(37-29-25-21-17-13-9-3)76(57-69(78)38-30-26-22-18-14-10-4)65-51-49-64(50-52-65)48-47-63-45-43-61(5)44-46-63/h31-34,39-60H,7-30,35-38H2,1-6H3/b48-47+. The van der Waals surface area contributed by atoms with Gasteiger partial charge in [0.1, 0.15) is 0 Å². The molecular weight excluding hydrogens is 1010 g/mol. The Morgan fingerprint density at radius 2 is 0.655 bits per heavy atom. The van der Waals surface area contributed by atoms with Gasteiger partial charge < -0.3 is 0 Å². The largest absolute Gasteiger partial charge is 0.228 e. The number of hydrogen-bond acceptors (Lipinski definition) is 2. The Morgan fingerprint density at radius 3 is 1.13 bits per heavy atom. The fourth-order valence-electron chi connectivity index (χ4n) is 13.1. The third-order valence-electron chi connectivity index (χ3n) is 18.1. The molecule has 0 atom stereocenters. The van der Waals surface area contributed by atoms with Gasteiger partial charge in [0.05, 0.1) is 11.4 Å². The van der Waals surface area contributed by atoms with Gasteiger partial charge in [0, 0.05) is 16.7 Å². The highest BCUT2D eigenvalue weighted by molar-refractivity contribution is 6.25. The van der Waals surface area contributed by atoms with Crippen LogP contribution in [0.1, 0.15) is 226 Å². The zero-order valence-electron chi connectivity index (χ0n) is 52.7. The van der Waals surface area contributed by atoms with Crippen molar-refractivity contribution in [2.75, 3.05) is 0 Å². The summed E-state index contributed by atoms with van der Waals surface area (Å²) in [5.74, 6) is 0.812. The van der Waals surface area contributed by atoms with Crippen LogP contribution in [0.2, 0.25) is 0 Å². The Balaban J connectivity index is 1.22. The Hall–Kier alpha value is -6.64. The number of fused-ring (bicyclic) bond motifs is 6. The van der Waals surface area contributed by atoms with Gasteiger partial charge in [-0.2, -0.15) is 0 Å². The first-order chi connectivity index (χ1) is 41.3. The van der Waals surface area contributed by atoms with E-state index < -0.39 is 0 Å². The number of benzene rings is 8. The van der Waals surface area contributed by atoms with Gasteiger partial charge in [0.25, 0.3) is 0 Å². The Bertz CT molecular complexity index is 3490. The van der Waals surface area contributed by atoms with Gasteiger partial charge in [0.15, 0.2) is 5.82 Å². The molecule has 84 heavy (non-hydrogen) atoms. The summed E-state index contributed by atoms with van der Waals surface area (Å²) in [6.07, 6.45) is 39.4. The number of aryl methyl sites for hydroxylation is 6. The van der Waals surface area contributed by atoms with Crippen LogP contribution in [-0.4, -0.2) is 9.97 Å². The summed E-state index contributed by atoms with van der Waals surface area (Å²) in [5, 5.41) is 7.67. The molecule has 438 valence electrons. The Labute approximate surface area is 508 Å². The molecule has 0 saturated carbocycles. The molecule has 2 heteroatoms. The van der Waals surface area contributed by atoms with Crippen molar-refractivity contribution in [3.05, 3.63) is 190 Å². The van der Waals surface area contributed by atoms with Gasteiger partial charge in [-0.05, 0) is 172 Å². The minimum absolute atomic E-state index is 0.812. The lowest BCUT2D eigenvalue weighted by Crippen LogP contribution is -2.04. The van der Waals surface area contributed by atoms with Crippen LogP contribution in [0.4, 0.5) is 0 Å². The zero-order chi connectivity index (χ0) is 58.3. The number of rotatable bonds is 34. The maximum Gasteiger partial charge on any atom is 0.160 e. The van der Waals surface area contributed by atoms with E-state index in [9.17, 15) is 0 Å². The fraction of sp³-hybridized carbons (Fsp3) is 0.415. The molecular formula is C82H100N2. The summed E-state index contributed by atoms with van der Waals surface area (Å²) >= 11 is 0. The first kappa shape index (κ1) is 61.9. The first-order valence-electron chi connectivity index (χ1n) is 33.7. The van der Waals surface area contributed by atoms with E-state index in [4.69, 9.17) is 9.97 Å². The highest BCUT2D eigenvalue weighted by Gasteiger charge is 2.21. The summed E-state index contributed by atoms with van der Waals surface area (Å²) in [6, 6.07) is 55.9. The molecule has 0 aliphatic carbocycles. The molecule has 9 aromatic rings. The van der Waals surface area contributed by atoms with Crippen molar-refractivity contribution in [1.82, 2.24) is 9.97 Å². The van der Waals surface area contributed by atoms with E-state index in [0.29, 0.717) is 0 Å². The van der Waals surface area contributed by atoms with E-state index in [1.165, 1.54) is 247 Å². The molecule has 1 aromatic heterocycles. The van der Waals surface area contributed by atoms with Gasteiger partial charge in [-0.25, -0.2) is 9.97 Å². The maximum absolute atomic E-state index is 5.85. The van der Waals surface area contributed by atoms with E-state index >= 15 is 0 Å². The molecule has 0 saturated heterocycles. The molecule has 0 amide bonds. The first-order valence-corrected chi connectivity index (χ1v) is 33.7. The molecule has 9 rings (SSSR count). The van der Waals surface area contributed by atoms with Crippen LogP contribution in [0.15, 0.2) is 146 Å². The third-order valence-corrected chi connectivity index (χ3v) is 18.1. The average Bonchev–Trinajstić information content (AvgIpc) is 3.28. The summed E-state index contributed by atoms with van der Waals surface area (Å²) in [4.78, 5) is 11.7. The van der Waals surface area contributed by atoms with E-state index in [2.05, 4.69) is 199 Å². The molecule has 0 bridgehead atoms. The average molecular weight is 1110 g/mol. The van der Waals surface area contributed by atoms with Crippen molar-refractivity contribution in [1.29, 1.82) is 0 Å².